The van der Waals surface area contributed by atoms with Crippen LogP contribution < -0.4 is 9.47 Å². The molecule has 148 valence electrons. The maximum Gasteiger partial charge on any atom is 0.182 e. The lowest BCUT2D eigenvalue weighted by Crippen LogP contribution is -2.00. The van der Waals surface area contributed by atoms with E-state index in [9.17, 15) is 0 Å². The second-order valence-electron chi connectivity index (χ2n) is 6.71. The summed E-state index contributed by atoms with van der Waals surface area (Å²) in [4.78, 5) is 9.19. The van der Waals surface area contributed by atoms with Crippen molar-refractivity contribution in [3.63, 3.8) is 0 Å². The fourth-order valence-electron chi connectivity index (χ4n) is 3.35. The second-order valence-corrected chi connectivity index (χ2v) is 7.12. The summed E-state index contributed by atoms with van der Waals surface area (Å²) in [7, 11) is 1.63. The Kier molecular flexibility index (Phi) is 4.69. The van der Waals surface area contributed by atoms with Gasteiger partial charge in [-0.15, -0.1) is 5.10 Å². The Balaban J connectivity index is 1.52. The largest absolute Gasteiger partial charge is 0.496 e. The van der Waals surface area contributed by atoms with Gasteiger partial charge in [-0.2, -0.15) is 0 Å². The lowest BCUT2D eigenvalue weighted by molar-refractivity contribution is 0.297. The van der Waals surface area contributed by atoms with Gasteiger partial charge in [-0.25, -0.2) is 14.5 Å². The SMILES string of the molecule is COc1ccc(-c2nc3c4ccccc4ncn3n2)cc1COc1ccccc1Cl. The van der Waals surface area contributed by atoms with Gasteiger partial charge in [-0.1, -0.05) is 35.9 Å². The molecule has 6 nitrogen and oxygen atoms in total. The summed E-state index contributed by atoms with van der Waals surface area (Å²) in [6.45, 7) is 0.304. The van der Waals surface area contributed by atoms with Gasteiger partial charge in [0.1, 0.15) is 24.4 Å². The average Bonchev–Trinajstić information content (AvgIpc) is 3.23. The highest BCUT2D eigenvalue weighted by molar-refractivity contribution is 6.32. The Morgan fingerprint density at radius 3 is 2.67 bits per heavy atom. The van der Waals surface area contributed by atoms with E-state index in [-0.39, 0.29) is 0 Å². The molecule has 0 fully saturated rings. The maximum absolute atomic E-state index is 6.20. The summed E-state index contributed by atoms with van der Waals surface area (Å²) in [5, 5.41) is 6.12. The fraction of sp³-hybridized carbons (Fsp3) is 0.0870. The number of rotatable bonds is 5. The number of nitrogens with zero attached hydrogens (tertiary/aromatic N) is 4. The molecule has 0 amide bonds. The van der Waals surface area contributed by atoms with Crippen LogP contribution in [0.15, 0.2) is 73.1 Å². The maximum atomic E-state index is 6.20. The van der Waals surface area contributed by atoms with Gasteiger partial charge in [0.05, 0.1) is 17.6 Å². The molecular formula is C23H17ClN4O2. The van der Waals surface area contributed by atoms with Crippen LogP contribution in [-0.2, 0) is 6.61 Å². The molecule has 0 bridgehead atoms. The van der Waals surface area contributed by atoms with Gasteiger partial charge < -0.3 is 9.47 Å². The van der Waals surface area contributed by atoms with Gasteiger partial charge in [-0.3, -0.25) is 0 Å². The van der Waals surface area contributed by atoms with E-state index in [4.69, 9.17) is 26.1 Å². The normalized spacial score (nSPS) is 11.1. The smallest absolute Gasteiger partial charge is 0.182 e. The third-order valence-corrected chi connectivity index (χ3v) is 5.15. The Bertz CT molecular complexity index is 1370. The summed E-state index contributed by atoms with van der Waals surface area (Å²) in [6.07, 6.45) is 1.68. The number of hydrogen-bond acceptors (Lipinski definition) is 5. The predicted molar refractivity (Wildman–Crippen MR) is 116 cm³/mol. The summed E-state index contributed by atoms with van der Waals surface area (Å²) >= 11 is 6.20. The van der Waals surface area contributed by atoms with Crippen molar-refractivity contribution < 1.29 is 9.47 Å². The van der Waals surface area contributed by atoms with Crippen molar-refractivity contribution in [3.05, 3.63) is 83.6 Å². The minimum atomic E-state index is 0.304. The van der Waals surface area contributed by atoms with Crippen molar-refractivity contribution in [2.45, 2.75) is 6.61 Å². The molecule has 0 aliphatic heterocycles. The van der Waals surface area contributed by atoms with Crippen LogP contribution in [0.3, 0.4) is 0 Å². The molecule has 0 atom stereocenters. The fourth-order valence-corrected chi connectivity index (χ4v) is 3.54. The molecule has 0 aliphatic rings. The van der Waals surface area contributed by atoms with E-state index in [2.05, 4.69) is 10.1 Å². The van der Waals surface area contributed by atoms with Crippen molar-refractivity contribution >= 4 is 28.2 Å². The highest BCUT2D eigenvalue weighted by Gasteiger charge is 2.13. The minimum Gasteiger partial charge on any atom is -0.496 e. The Hall–Kier alpha value is -3.64. The van der Waals surface area contributed by atoms with Crippen LogP contribution in [0.1, 0.15) is 5.56 Å². The van der Waals surface area contributed by atoms with E-state index < -0.39 is 0 Å². The molecule has 7 heteroatoms. The highest BCUT2D eigenvalue weighted by Crippen LogP contribution is 2.29. The van der Waals surface area contributed by atoms with Gasteiger partial charge in [0, 0.05) is 16.5 Å². The van der Waals surface area contributed by atoms with E-state index >= 15 is 0 Å². The van der Waals surface area contributed by atoms with Crippen LogP contribution >= 0.6 is 11.6 Å². The molecule has 0 N–H and O–H groups in total. The topological polar surface area (TPSA) is 61.5 Å². The van der Waals surface area contributed by atoms with E-state index in [1.807, 2.05) is 60.7 Å². The summed E-state index contributed by atoms with van der Waals surface area (Å²) in [5.74, 6) is 1.95. The zero-order valence-corrected chi connectivity index (χ0v) is 16.9. The predicted octanol–water partition coefficient (Wildman–Crippen LogP) is 5.19. The minimum absolute atomic E-state index is 0.304. The lowest BCUT2D eigenvalue weighted by atomic mass is 10.1. The number of benzene rings is 3. The van der Waals surface area contributed by atoms with Crippen molar-refractivity contribution in [2.75, 3.05) is 7.11 Å². The monoisotopic (exact) mass is 416 g/mol. The Morgan fingerprint density at radius 1 is 0.967 bits per heavy atom. The molecule has 0 unspecified atom stereocenters. The van der Waals surface area contributed by atoms with Gasteiger partial charge >= 0.3 is 0 Å². The number of ether oxygens (including phenoxy) is 2. The zero-order valence-electron chi connectivity index (χ0n) is 16.1. The molecule has 2 aromatic heterocycles. The summed E-state index contributed by atoms with van der Waals surface area (Å²) in [6, 6.07) is 21.1. The van der Waals surface area contributed by atoms with Crippen molar-refractivity contribution in [1.29, 1.82) is 0 Å². The van der Waals surface area contributed by atoms with Crippen molar-refractivity contribution in [2.24, 2.45) is 0 Å². The number of para-hydroxylation sites is 2. The van der Waals surface area contributed by atoms with Crippen LogP contribution in [0.4, 0.5) is 0 Å². The summed E-state index contributed by atoms with van der Waals surface area (Å²) < 4.78 is 13.1. The van der Waals surface area contributed by atoms with Crippen molar-refractivity contribution in [3.8, 4) is 22.9 Å². The van der Waals surface area contributed by atoms with Gasteiger partial charge in [0.25, 0.3) is 0 Å². The third-order valence-electron chi connectivity index (χ3n) is 4.84. The molecule has 5 rings (SSSR count). The third kappa shape index (κ3) is 3.31. The van der Waals surface area contributed by atoms with Gasteiger partial charge in [-0.05, 0) is 42.5 Å². The molecular weight excluding hydrogens is 400 g/mol. The molecule has 30 heavy (non-hydrogen) atoms. The zero-order chi connectivity index (χ0) is 20.5. The van der Waals surface area contributed by atoms with Crippen LogP contribution in [0.5, 0.6) is 11.5 Å². The molecule has 0 saturated heterocycles. The number of aromatic nitrogens is 4. The van der Waals surface area contributed by atoms with E-state index in [0.717, 1.165) is 33.4 Å². The Labute approximate surface area is 177 Å². The first kappa shape index (κ1) is 18.4. The van der Waals surface area contributed by atoms with Crippen LogP contribution in [-0.4, -0.2) is 26.7 Å². The first-order valence-corrected chi connectivity index (χ1v) is 9.75. The highest BCUT2D eigenvalue weighted by atomic mass is 35.5. The van der Waals surface area contributed by atoms with Crippen LogP contribution in [0.2, 0.25) is 5.02 Å². The van der Waals surface area contributed by atoms with Gasteiger partial charge in [0.15, 0.2) is 11.5 Å². The number of methoxy groups -OCH3 is 1. The second kappa shape index (κ2) is 7.65. The van der Waals surface area contributed by atoms with E-state index in [1.54, 1.807) is 24.0 Å². The molecule has 2 heterocycles. The van der Waals surface area contributed by atoms with E-state index in [1.165, 1.54) is 0 Å². The van der Waals surface area contributed by atoms with Crippen LogP contribution in [0, 0.1) is 0 Å². The molecule has 5 aromatic rings. The van der Waals surface area contributed by atoms with E-state index in [0.29, 0.717) is 23.2 Å². The number of fused-ring (bicyclic) bond motifs is 3. The van der Waals surface area contributed by atoms with Crippen LogP contribution in [0.25, 0.3) is 27.9 Å². The first-order chi connectivity index (χ1) is 14.7. The van der Waals surface area contributed by atoms with Gasteiger partial charge in [0.2, 0.25) is 0 Å². The molecule has 0 aliphatic carbocycles. The Morgan fingerprint density at radius 2 is 1.80 bits per heavy atom. The molecule has 0 spiro atoms. The standard InChI is InChI=1S/C23H17ClN4O2/c1-29-20-11-10-15(12-16(20)13-30-21-9-5-3-7-18(21)24)22-26-23-17-6-2-4-8-19(17)25-14-28(23)27-22/h2-12,14H,13H2,1H3. The number of hydrogen-bond donors (Lipinski definition) is 0. The first-order valence-electron chi connectivity index (χ1n) is 9.37. The quantitative estimate of drug-likeness (QED) is 0.394. The molecule has 0 saturated carbocycles. The molecule has 3 aromatic carbocycles. The average molecular weight is 417 g/mol. The number of halogens is 1. The molecule has 0 radical (unpaired) electrons. The lowest BCUT2D eigenvalue weighted by Gasteiger charge is -2.12. The van der Waals surface area contributed by atoms with Crippen molar-refractivity contribution in [1.82, 2.24) is 19.6 Å². The summed E-state index contributed by atoms with van der Waals surface area (Å²) in [5.41, 5.74) is 3.38.